The number of aryl methyl sites for hydroxylation is 1. The molecule has 3 heterocycles. The summed E-state index contributed by atoms with van der Waals surface area (Å²) in [5.41, 5.74) is 5.77. The molecule has 31 heavy (non-hydrogen) atoms. The van der Waals surface area contributed by atoms with Crippen LogP contribution < -0.4 is 15.4 Å². The molecule has 7 heteroatoms. The minimum absolute atomic E-state index is 0.103. The van der Waals surface area contributed by atoms with Crippen molar-refractivity contribution in [1.82, 2.24) is 15.3 Å². The van der Waals surface area contributed by atoms with Crippen LogP contribution >= 0.6 is 11.6 Å². The third-order valence-corrected chi connectivity index (χ3v) is 4.98. The first-order valence-electron chi connectivity index (χ1n) is 10.6. The number of halogens is 1. The number of nitrogens with one attached hydrogen (secondary N) is 3. The van der Waals surface area contributed by atoms with Crippen LogP contribution in [0.15, 0.2) is 36.7 Å². The first-order chi connectivity index (χ1) is 15.1. The molecular weight excluding hydrogens is 412 g/mol. The summed E-state index contributed by atoms with van der Waals surface area (Å²) in [6, 6.07) is 7.40. The third-order valence-electron chi connectivity index (χ3n) is 4.69. The topological polar surface area (TPSA) is 79.0 Å². The number of rotatable bonds is 4. The summed E-state index contributed by atoms with van der Waals surface area (Å²) < 4.78 is 5.45. The number of benzene rings is 1. The molecule has 1 amide bonds. The molecule has 0 atom stereocenters. The van der Waals surface area contributed by atoms with E-state index in [0.717, 1.165) is 28.9 Å². The maximum atomic E-state index is 12.6. The van der Waals surface area contributed by atoms with Gasteiger partial charge in [-0.1, -0.05) is 45.4 Å². The zero-order chi connectivity index (χ0) is 23.0. The first-order valence-corrected chi connectivity index (χ1v) is 11.0. The Kier molecular flexibility index (Phi) is 8.94. The molecule has 0 spiro atoms. The number of hydrogen-bond acceptors (Lipinski definition) is 4. The Morgan fingerprint density at radius 2 is 1.90 bits per heavy atom. The molecule has 1 aliphatic heterocycles. The lowest BCUT2D eigenvalue weighted by Gasteiger charge is -2.17. The highest BCUT2D eigenvalue weighted by Crippen LogP contribution is 2.41. The molecule has 2 aromatic heterocycles. The minimum atomic E-state index is -0.103. The number of ether oxygens (including phenoxy) is 1. The van der Waals surface area contributed by atoms with Crippen molar-refractivity contribution in [2.75, 3.05) is 19.0 Å². The number of amides is 1. The average molecular weight is 443 g/mol. The third kappa shape index (κ3) is 5.02. The van der Waals surface area contributed by atoms with E-state index in [1.165, 1.54) is 0 Å². The summed E-state index contributed by atoms with van der Waals surface area (Å²) in [5.74, 6) is 0.427. The molecule has 0 unspecified atom stereocenters. The molecule has 166 valence electrons. The van der Waals surface area contributed by atoms with Gasteiger partial charge < -0.3 is 20.4 Å². The van der Waals surface area contributed by atoms with Gasteiger partial charge in [0, 0.05) is 36.6 Å². The molecule has 0 fully saturated rings. The summed E-state index contributed by atoms with van der Waals surface area (Å²) in [5, 5.41) is 6.79. The molecule has 1 aromatic carbocycles. The van der Waals surface area contributed by atoms with Crippen LogP contribution in [0, 0.1) is 6.92 Å². The molecule has 0 saturated heterocycles. The van der Waals surface area contributed by atoms with Crippen LogP contribution in [-0.2, 0) is 6.42 Å². The Labute approximate surface area is 189 Å². The van der Waals surface area contributed by atoms with Crippen molar-refractivity contribution in [2.45, 2.75) is 41.0 Å². The molecule has 3 N–H and O–H groups in total. The van der Waals surface area contributed by atoms with Gasteiger partial charge in [0.1, 0.15) is 0 Å². The summed E-state index contributed by atoms with van der Waals surface area (Å²) >= 11 is 6.26. The van der Waals surface area contributed by atoms with Gasteiger partial charge in [-0.3, -0.25) is 9.78 Å². The van der Waals surface area contributed by atoms with E-state index in [-0.39, 0.29) is 5.91 Å². The molecule has 4 rings (SSSR count). The van der Waals surface area contributed by atoms with E-state index in [1.807, 2.05) is 52.8 Å². The molecule has 0 aliphatic carbocycles. The molecule has 6 nitrogen and oxygen atoms in total. The lowest BCUT2D eigenvalue weighted by atomic mass is 10.0. The van der Waals surface area contributed by atoms with Gasteiger partial charge in [-0.15, -0.1) is 0 Å². The SMILES string of the molecule is CC.CC.COc1c(Cl)cccc1Nc1c(-c2ccncc2C)[nH]c2c1C(=O)NCC2. The van der Waals surface area contributed by atoms with Crippen molar-refractivity contribution in [3.8, 4) is 17.0 Å². The van der Waals surface area contributed by atoms with Crippen molar-refractivity contribution in [3.63, 3.8) is 0 Å². The highest BCUT2D eigenvalue weighted by Gasteiger charge is 2.28. The Hall–Kier alpha value is -2.99. The van der Waals surface area contributed by atoms with Gasteiger partial charge in [-0.25, -0.2) is 0 Å². The largest absolute Gasteiger partial charge is 0.493 e. The Morgan fingerprint density at radius 1 is 1.16 bits per heavy atom. The lowest BCUT2D eigenvalue weighted by molar-refractivity contribution is 0.0947. The number of fused-ring (bicyclic) bond motifs is 1. The van der Waals surface area contributed by atoms with Gasteiger partial charge in [0.25, 0.3) is 5.91 Å². The van der Waals surface area contributed by atoms with Gasteiger partial charge in [0.05, 0.1) is 34.8 Å². The number of para-hydroxylation sites is 1. The van der Waals surface area contributed by atoms with Crippen molar-refractivity contribution in [3.05, 3.63) is 58.5 Å². The lowest BCUT2D eigenvalue weighted by Crippen LogP contribution is -2.31. The second-order valence-electron chi connectivity index (χ2n) is 6.37. The first kappa shape index (κ1) is 24.3. The normalized spacial score (nSPS) is 11.8. The van der Waals surface area contributed by atoms with E-state index in [4.69, 9.17) is 16.3 Å². The van der Waals surface area contributed by atoms with Crippen molar-refractivity contribution >= 4 is 28.9 Å². The van der Waals surface area contributed by atoms with Gasteiger partial charge in [-0.05, 0) is 30.7 Å². The number of nitrogens with zero attached hydrogens (tertiary/aromatic N) is 1. The van der Waals surface area contributed by atoms with E-state index >= 15 is 0 Å². The van der Waals surface area contributed by atoms with E-state index in [0.29, 0.717) is 34.3 Å². The smallest absolute Gasteiger partial charge is 0.255 e. The fraction of sp³-hybridized carbons (Fsp3) is 0.333. The monoisotopic (exact) mass is 442 g/mol. The number of methoxy groups -OCH3 is 1. The van der Waals surface area contributed by atoms with Crippen LogP contribution in [0.25, 0.3) is 11.3 Å². The molecular formula is C24H31ClN4O2. The molecule has 0 saturated carbocycles. The van der Waals surface area contributed by atoms with Crippen molar-refractivity contribution in [2.24, 2.45) is 0 Å². The van der Waals surface area contributed by atoms with Gasteiger partial charge in [0.15, 0.2) is 5.75 Å². The number of anilines is 2. The zero-order valence-electron chi connectivity index (χ0n) is 19.0. The van der Waals surface area contributed by atoms with E-state index < -0.39 is 0 Å². The number of carbonyl (C=O) groups excluding carboxylic acids is 1. The summed E-state index contributed by atoms with van der Waals surface area (Å²) in [4.78, 5) is 20.2. The predicted octanol–water partition coefficient (Wildman–Crippen LogP) is 6.13. The van der Waals surface area contributed by atoms with Gasteiger partial charge in [-0.2, -0.15) is 0 Å². The van der Waals surface area contributed by atoms with Crippen LogP contribution in [0.3, 0.4) is 0 Å². The van der Waals surface area contributed by atoms with Crippen molar-refractivity contribution < 1.29 is 9.53 Å². The zero-order valence-corrected chi connectivity index (χ0v) is 19.8. The highest BCUT2D eigenvalue weighted by atomic mass is 35.5. The van der Waals surface area contributed by atoms with Crippen LogP contribution in [0.4, 0.5) is 11.4 Å². The molecule has 3 aromatic rings. The van der Waals surface area contributed by atoms with E-state index in [2.05, 4.69) is 20.6 Å². The van der Waals surface area contributed by atoms with Crippen LogP contribution in [0.1, 0.15) is 49.3 Å². The maximum Gasteiger partial charge on any atom is 0.255 e. The second-order valence-corrected chi connectivity index (χ2v) is 6.78. The second kappa shape index (κ2) is 11.4. The quantitative estimate of drug-likeness (QED) is 0.454. The number of aromatic nitrogens is 2. The number of pyridine rings is 1. The maximum absolute atomic E-state index is 12.6. The standard InChI is InChI=1S/C20H19ClN4O2.2C2H6/c1-11-10-22-8-6-12(11)17-18(16-14(24-17)7-9-23-20(16)26)25-15-5-3-4-13(21)19(15)27-2;2*1-2/h3-6,8,10,24-25H,7,9H2,1-2H3,(H,23,26);2*1-2H3. The number of hydrogen-bond donors (Lipinski definition) is 3. The highest BCUT2D eigenvalue weighted by molar-refractivity contribution is 6.32. The van der Waals surface area contributed by atoms with E-state index in [9.17, 15) is 4.79 Å². The fourth-order valence-corrected chi connectivity index (χ4v) is 3.66. The Bertz CT molecular complexity index is 1030. The predicted molar refractivity (Wildman–Crippen MR) is 129 cm³/mol. The summed E-state index contributed by atoms with van der Waals surface area (Å²) in [7, 11) is 1.57. The minimum Gasteiger partial charge on any atom is -0.493 e. The Morgan fingerprint density at radius 3 is 2.58 bits per heavy atom. The average Bonchev–Trinajstić information content (AvgIpc) is 3.16. The van der Waals surface area contributed by atoms with Crippen LogP contribution in [0.5, 0.6) is 5.75 Å². The van der Waals surface area contributed by atoms with Crippen molar-refractivity contribution in [1.29, 1.82) is 0 Å². The number of H-pyrrole nitrogens is 1. The molecule has 0 radical (unpaired) electrons. The molecule has 0 bridgehead atoms. The summed E-state index contributed by atoms with van der Waals surface area (Å²) in [6.45, 7) is 10.6. The van der Waals surface area contributed by atoms with E-state index in [1.54, 1.807) is 25.6 Å². The van der Waals surface area contributed by atoms with Gasteiger partial charge in [0.2, 0.25) is 0 Å². The number of aromatic amines is 1. The van der Waals surface area contributed by atoms with Crippen LogP contribution in [0.2, 0.25) is 5.02 Å². The number of carbonyl (C=O) groups is 1. The summed E-state index contributed by atoms with van der Waals surface area (Å²) in [6.07, 6.45) is 4.29. The fourth-order valence-electron chi connectivity index (χ4n) is 3.41. The van der Waals surface area contributed by atoms with Crippen LogP contribution in [-0.4, -0.2) is 29.5 Å². The Balaban J connectivity index is 0.000000807. The van der Waals surface area contributed by atoms with Gasteiger partial charge >= 0.3 is 0 Å². The molecule has 1 aliphatic rings.